The Morgan fingerprint density at radius 2 is 1.93 bits per heavy atom. The molecule has 0 aliphatic carbocycles. The molecular weight excluding hydrogens is 378 g/mol. The molecule has 3 aromatic rings. The standard InChI is InChI=1S/C23H29N5O2/c1-17(2)28-22-20(16-24-28)19(15-21(25-22)18-7-5-4-6-8-18)23(29)26(3)9-10-27-11-13-30-14-12-27/h4-8,15-17H,9-14H2,1-3H3. The lowest BCUT2D eigenvalue weighted by molar-refractivity contribution is 0.0338. The first-order valence-corrected chi connectivity index (χ1v) is 10.5. The van der Waals surface area contributed by atoms with Crippen LogP contribution >= 0.6 is 0 Å². The van der Waals surface area contributed by atoms with E-state index >= 15 is 0 Å². The zero-order valence-corrected chi connectivity index (χ0v) is 17.9. The zero-order chi connectivity index (χ0) is 21.1. The van der Waals surface area contributed by atoms with Crippen LogP contribution < -0.4 is 0 Å². The lowest BCUT2D eigenvalue weighted by atomic mass is 10.1. The molecule has 1 fully saturated rings. The van der Waals surface area contributed by atoms with E-state index in [9.17, 15) is 4.79 Å². The number of ether oxygens (including phenoxy) is 1. The number of fused-ring (bicyclic) bond motifs is 1. The molecule has 2 aromatic heterocycles. The maximum atomic E-state index is 13.4. The third kappa shape index (κ3) is 4.22. The normalized spacial score (nSPS) is 15.1. The number of morpholine rings is 1. The second-order valence-electron chi connectivity index (χ2n) is 8.02. The summed E-state index contributed by atoms with van der Waals surface area (Å²) in [6, 6.07) is 12.0. The summed E-state index contributed by atoms with van der Waals surface area (Å²) in [7, 11) is 1.87. The number of hydrogen-bond acceptors (Lipinski definition) is 5. The molecule has 0 N–H and O–H groups in total. The minimum Gasteiger partial charge on any atom is -0.379 e. The van der Waals surface area contributed by atoms with Crippen molar-refractivity contribution >= 4 is 16.9 Å². The Labute approximate surface area is 177 Å². The van der Waals surface area contributed by atoms with Crippen LogP contribution in [0.5, 0.6) is 0 Å². The number of carbonyl (C=O) groups is 1. The van der Waals surface area contributed by atoms with Gasteiger partial charge in [-0.3, -0.25) is 9.69 Å². The molecule has 1 aromatic carbocycles. The second kappa shape index (κ2) is 8.93. The van der Waals surface area contributed by atoms with Gasteiger partial charge in [-0.05, 0) is 19.9 Å². The molecule has 0 unspecified atom stereocenters. The number of likely N-dealkylation sites (N-methyl/N-ethyl adjacent to an activating group) is 1. The highest BCUT2D eigenvalue weighted by atomic mass is 16.5. The van der Waals surface area contributed by atoms with Gasteiger partial charge >= 0.3 is 0 Å². The number of benzene rings is 1. The fourth-order valence-electron chi connectivity index (χ4n) is 3.75. The van der Waals surface area contributed by atoms with Gasteiger partial charge in [0.1, 0.15) is 0 Å². The molecule has 30 heavy (non-hydrogen) atoms. The minimum atomic E-state index is -0.00357. The van der Waals surface area contributed by atoms with Gasteiger partial charge in [0.05, 0.1) is 36.1 Å². The van der Waals surface area contributed by atoms with Gasteiger partial charge < -0.3 is 9.64 Å². The van der Waals surface area contributed by atoms with Crippen molar-refractivity contribution in [2.24, 2.45) is 0 Å². The summed E-state index contributed by atoms with van der Waals surface area (Å²) < 4.78 is 7.29. The largest absolute Gasteiger partial charge is 0.379 e. The number of nitrogens with zero attached hydrogens (tertiary/aromatic N) is 5. The van der Waals surface area contributed by atoms with Crippen LogP contribution in [-0.2, 0) is 4.74 Å². The van der Waals surface area contributed by atoms with E-state index in [0.717, 1.165) is 55.1 Å². The van der Waals surface area contributed by atoms with Crippen LogP contribution in [-0.4, -0.2) is 76.9 Å². The summed E-state index contributed by atoms with van der Waals surface area (Å²) in [5, 5.41) is 5.31. The summed E-state index contributed by atoms with van der Waals surface area (Å²) in [6.07, 6.45) is 1.76. The Hall–Kier alpha value is -2.77. The highest BCUT2D eigenvalue weighted by Gasteiger charge is 2.21. The first-order valence-electron chi connectivity index (χ1n) is 10.5. The van der Waals surface area contributed by atoms with Gasteiger partial charge in [-0.2, -0.15) is 5.10 Å². The second-order valence-corrected chi connectivity index (χ2v) is 8.02. The number of hydrogen-bond donors (Lipinski definition) is 0. The van der Waals surface area contributed by atoms with Gasteiger partial charge in [0.15, 0.2) is 5.65 Å². The lowest BCUT2D eigenvalue weighted by Crippen LogP contribution is -2.42. The third-order valence-electron chi connectivity index (χ3n) is 5.56. The first-order chi connectivity index (χ1) is 14.5. The van der Waals surface area contributed by atoms with Crippen molar-refractivity contribution in [2.45, 2.75) is 19.9 Å². The van der Waals surface area contributed by atoms with E-state index < -0.39 is 0 Å². The van der Waals surface area contributed by atoms with E-state index in [4.69, 9.17) is 9.72 Å². The zero-order valence-electron chi connectivity index (χ0n) is 17.9. The summed E-state index contributed by atoms with van der Waals surface area (Å²) in [4.78, 5) is 22.4. The average Bonchev–Trinajstić information content (AvgIpc) is 3.22. The Morgan fingerprint density at radius 1 is 1.20 bits per heavy atom. The van der Waals surface area contributed by atoms with Crippen LogP contribution in [0.1, 0.15) is 30.2 Å². The molecule has 1 saturated heterocycles. The number of amides is 1. The summed E-state index contributed by atoms with van der Waals surface area (Å²) in [6.45, 7) is 9.01. The monoisotopic (exact) mass is 407 g/mol. The molecule has 7 heteroatoms. The van der Waals surface area contributed by atoms with Crippen molar-refractivity contribution in [3.8, 4) is 11.3 Å². The van der Waals surface area contributed by atoms with Crippen LogP contribution in [0.3, 0.4) is 0 Å². The van der Waals surface area contributed by atoms with E-state index in [-0.39, 0.29) is 11.9 Å². The van der Waals surface area contributed by atoms with Gasteiger partial charge in [0, 0.05) is 44.8 Å². The quantitative estimate of drug-likeness (QED) is 0.628. The van der Waals surface area contributed by atoms with Gasteiger partial charge in [-0.1, -0.05) is 30.3 Å². The van der Waals surface area contributed by atoms with Crippen molar-refractivity contribution in [2.75, 3.05) is 46.4 Å². The molecule has 0 radical (unpaired) electrons. The summed E-state index contributed by atoms with van der Waals surface area (Å²) in [5.74, 6) is -0.00357. The van der Waals surface area contributed by atoms with Gasteiger partial charge in [-0.15, -0.1) is 0 Å². The van der Waals surface area contributed by atoms with Gasteiger partial charge in [0.2, 0.25) is 0 Å². The van der Waals surface area contributed by atoms with Crippen molar-refractivity contribution < 1.29 is 9.53 Å². The van der Waals surface area contributed by atoms with Crippen LogP contribution in [0.2, 0.25) is 0 Å². The number of pyridine rings is 1. The maximum absolute atomic E-state index is 13.4. The molecule has 4 rings (SSSR count). The van der Waals surface area contributed by atoms with Gasteiger partial charge in [0.25, 0.3) is 5.91 Å². The van der Waals surface area contributed by atoms with Crippen LogP contribution in [0.15, 0.2) is 42.6 Å². The Morgan fingerprint density at radius 3 is 2.63 bits per heavy atom. The van der Waals surface area contributed by atoms with Gasteiger partial charge in [-0.25, -0.2) is 9.67 Å². The van der Waals surface area contributed by atoms with E-state index in [2.05, 4.69) is 23.8 Å². The fourth-order valence-corrected chi connectivity index (χ4v) is 3.75. The lowest BCUT2D eigenvalue weighted by Gasteiger charge is -2.28. The van der Waals surface area contributed by atoms with E-state index in [1.54, 1.807) is 11.1 Å². The van der Waals surface area contributed by atoms with Crippen molar-refractivity contribution in [1.29, 1.82) is 0 Å². The molecule has 1 aliphatic heterocycles. The van der Waals surface area contributed by atoms with Crippen LogP contribution in [0.4, 0.5) is 0 Å². The highest BCUT2D eigenvalue weighted by molar-refractivity contribution is 6.06. The molecule has 0 atom stereocenters. The molecule has 0 saturated carbocycles. The molecule has 158 valence electrons. The smallest absolute Gasteiger partial charge is 0.254 e. The van der Waals surface area contributed by atoms with Crippen LogP contribution in [0.25, 0.3) is 22.3 Å². The predicted molar refractivity (Wildman–Crippen MR) is 118 cm³/mol. The van der Waals surface area contributed by atoms with E-state index in [0.29, 0.717) is 12.1 Å². The first kappa shape index (κ1) is 20.5. The Bertz CT molecular complexity index is 1010. The number of aromatic nitrogens is 3. The fraction of sp³-hybridized carbons (Fsp3) is 0.435. The average molecular weight is 408 g/mol. The highest BCUT2D eigenvalue weighted by Crippen LogP contribution is 2.27. The number of carbonyl (C=O) groups excluding carboxylic acids is 1. The minimum absolute atomic E-state index is 0.00357. The Balaban J connectivity index is 1.66. The SMILES string of the molecule is CC(C)n1ncc2c(C(=O)N(C)CCN3CCOCC3)cc(-c3ccccc3)nc21. The molecular formula is C23H29N5O2. The van der Waals surface area contributed by atoms with Crippen molar-refractivity contribution in [3.63, 3.8) is 0 Å². The summed E-state index contributed by atoms with van der Waals surface area (Å²) >= 11 is 0. The van der Waals surface area contributed by atoms with Crippen molar-refractivity contribution in [1.82, 2.24) is 24.6 Å². The van der Waals surface area contributed by atoms with E-state index in [1.807, 2.05) is 48.1 Å². The molecule has 1 amide bonds. The van der Waals surface area contributed by atoms with Crippen LogP contribution in [0, 0.1) is 0 Å². The molecule has 0 spiro atoms. The summed E-state index contributed by atoms with van der Waals surface area (Å²) in [5.41, 5.74) is 3.17. The molecule has 7 nitrogen and oxygen atoms in total. The maximum Gasteiger partial charge on any atom is 0.254 e. The third-order valence-corrected chi connectivity index (χ3v) is 5.56. The van der Waals surface area contributed by atoms with Crippen molar-refractivity contribution in [3.05, 3.63) is 48.2 Å². The topological polar surface area (TPSA) is 63.5 Å². The molecule has 0 bridgehead atoms. The predicted octanol–water partition coefficient (Wildman–Crippen LogP) is 3.08. The molecule has 1 aliphatic rings. The number of rotatable bonds is 6. The Kier molecular flexibility index (Phi) is 6.11. The molecule has 3 heterocycles. The van der Waals surface area contributed by atoms with E-state index in [1.165, 1.54) is 0 Å².